The lowest BCUT2D eigenvalue weighted by Gasteiger charge is -2.24. The summed E-state index contributed by atoms with van der Waals surface area (Å²) in [5.41, 5.74) is 7.62. The number of allylic oxidation sites excluding steroid dienone is 1. The van der Waals surface area contributed by atoms with Crippen molar-refractivity contribution < 1.29 is 27.9 Å². The van der Waals surface area contributed by atoms with E-state index in [1.165, 1.54) is 24.1 Å². The predicted octanol–water partition coefficient (Wildman–Crippen LogP) is 3.38. The Kier molecular flexibility index (Phi) is 11.8. The molecule has 0 aliphatic heterocycles. The van der Waals surface area contributed by atoms with Crippen LogP contribution < -0.4 is 15.4 Å². The second kappa shape index (κ2) is 15.0. The molecule has 0 spiro atoms. The Morgan fingerprint density at radius 2 is 1.76 bits per heavy atom. The van der Waals surface area contributed by atoms with Crippen LogP contribution in [0.15, 0.2) is 58.1 Å². The summed E-state index contributed by atoms with van der Waals surface area (Å²) in [7, 11) is -0.480. The molecule has 2 aromatic carbocycles. The summed E-state index contributed by atoms with van der Waals surface area (Å²) >= 11 is 0.817. The number of thioether (sulfide) groups is 1. The Morgan fingerprint density at radius 1 is 1.11 bits per heavy atom. The lowest BCUT2D eigenvalue weighted by Crippen LogP contribution is -2.43. The van der Waals surface area contributed by atoms with Gasteiger partial charge in [0.1, 0.15) is 17.7 Å². The number of carbonyl (C=O) groups is 3. The van der Waals surface area contributed by atoms with E-state index in [4.69, 9.17) is 5.73 Å². The van der Waals surface area contributed by atoms with Crippen LogP contribution in [0.1, 0.15) is 45.5 Å². The van der Waals surface area contributed by atoms with Gasteiger partial charge in [-0.2, -0.15) is 0 Å². The third-order valence-electron chi connectivity index (χ3n) is 7.11. The van der Waals surface area contributed by atoms with Gasteiger partial charge in [-0.3, -0.25) is 14.4 Å². The minimum Gasteiger partial charge on any atom is -0.385 e. The van der Waals surface area contributed by atoms with Gasteiger partial charge in [-0.25, -0.2) is 23.1 Å². The first-order valence-electron chi connectivity index (χ1n) is 14.2. The van der Waals surface area contributed by atoms with Crippen LogP contribution in [0.3, 0.4) is 0 Å². The molecule has 4 N–H and O–H groups in total. The van der Waals surface area contributed by atoms with Crippen LogP contribution >= 0.6 is 11.8 Å². The Labute approximate surface area is 268 Å². The molecule has 1 amide bonds. The van der Waals surface area contributed by atoms with Gasteiger partial charge in [0.05, 0.1) is 17.5 Å². The van der Waals surface area contributed by atoms with Crippen LogP contribution in [0, 0.1) is 12.8 Å². The maximum atomic E-state index is 13.5. The number of rotatable bonds is 14. The largest absolute Gasteiger partial charge is 0.385 e. The third kappa shape index (κ3) is 8.66. The second-order valence-corrected chi connectivity index (χ2v) is 13.9. The Hall–Kier alpha value is -3.85. The summed E-state index contributed by atoms with van der Waals surface area (Å²) in [6, 6.07) is 8.91. The first-order valence-corrected chi connectivity index (χ1v) is 16.5. The number of aryl methyl sites for hydroxylation is 1. The van der Waals surface area contributed by atoms with E-state index < -0.39 is 28.0 Å². The minimum atomic E-state index is -4.19. The number of nitrogen functional groups attached to an aromatic ring is 1. The lowest BCUT2D eigenvalue weighted by molar-refractivity contribution is -0.128. The van der Waals surface area contributed by atoms with Crippen molar-refractivity contribution >= 4 is 61.4 Å². The SMILES string of the molecule is CC(=C(CC(O)C(=O)C(C)NS(=O)(=O)c1cccc2c(N(C)C)cccc12)SC(=O)C(C)C)N(C=O)Cc1cnc(C)nc1N. The number of nitrogens with two attached hydrogens (primary N) is 1. The molecule has 0 aliphatic carbocycles. The number of Topliss-reactive ketones (excluding diaryl/α,β-unsaturated/α-hetero) is 1. The topological polar surface area (TPSA) is 176 Å². The molecule has 14 heteroatoms. The third-order valence-corrected chi connectivity index (χ3v) is 10.1. The van der Waals surface area contributed by atoms with Crippen LogP contribution in [0.2, 0.25) is 0 Å². The summed E-state index contributed by atoms with van der Waals surface area (Å²) in [6.07, 6.45) is 0.0298. The molecule has 12 nitrogen and oxygen atoms in total. The van der Waals surface area contributed by atoms with E-state index in [-0.39, 0.29) is 39.6 Å². The van der Waals surface area contributed by atoms with Gasteiger partial charge < -0.3 is 20.6 Å². The van der Waals surface area contributed by atoms with Gasteiger partial charge in [0.2, 0.25) is 16.4 Å². The highest BCUT2D eigenvalue weighted by Gasteiger charge is 2.30. The van der Waals surface area contributed by atoms with Crippen LogP contribution in [-0.4, -0.2) is 71.9 Å². The number of hydrogen-bond donors (Lipinski definition) is 3. The first-order chi connectivity index (χ1) is 21.1. The minimum absolute atomic E-state index is 0.00617. The van der Waals surface area contributed by atoms with E-state index in [2.05, 4.69) is 14.7 Å². The van der Waals surface area contributed by atoms with Crippen molar-refractivity contribution in [3.63, 3.8) is 0 Å². The molecule has 242 valence electrons. The number of aliphatic hydroxyl groups is 1. The number of hydrogen-bond acceptors (Lipinski definition) is 11. The Bertz CT molecular complexity index is 1720. The van der Waals surface area contributed by atoms with Gasteiger partial charge in [0.15, 0.2) is 10.9 Å². The van der Waals surface area contributed by atoms with E-state index >= 15 is 0 Å². The predicted molar refractivity (Wildman–Crippen MR) is 177 cm³/mol. The van der Waals surface area contributed by atoms with Crippen LogP contribution in [-0.2, 0) is 31.0 Å². The van der Waals surface area contributed by atoms with Gasteiger partial charge in [0.25, 0.3) is 0 Å². The van der Waals surface area contributed by atoms with Crippen molar-refractivity contribution in [2.24, 2.45) is 5.92 Å². The molecule has 1 aromatic heterocycles. The molecule has 45 heavy (non-hydrogen) atoms. The smallest absolute Gasteiger partial charge is 0.241 e. The number of benzene rings is 2. The molecule has 1 heterocycles. The van der Waals surface area contributed by atoms with Crippen molar-refractivity contribution in [3.05, 3.63) is 64.6 Å². The number of aromatic nitrogens is 2. The van der Waals surface area contributed by atoms with Crippen LogP contribution in [0.4, 0.5) is 11.5 Å². The average Bonchev–Trinajstić information content (AvgIpc) is 2.98. The summed E-state index contributed by atoms with van der Waals surface area (Å²) in [5, 5.41) is 12.0. The standard InChI is InChI=1S/C31H40N6O6S2/c1-18(2)31(41)44-27(20(4)37(17-38)16-22-15-33-21(5)34-30(22)32)14-26(39)29(40)19(3)35-45(42,43)28-13-9-10-23-24(28)11-8-12-25(23)36(6)7/h8-13,15,17-19,26,35,39H,14,16H2,1-7H3,(H2,32,33,34). The molecule has 3 aromatic rings. The fourth-order valence-electron chi connectivity index (χ4n) is 4.52. The van der Waals surface area contributed by atoms with Crippen molar-refractivity contribution in [2.75, 3.05) is 24.7 Å². The summed E-state index contributed by atoms with van der Waals surface area (Å²) in [4.78, 5) is 49.9. The molecule has 0 fully saturated rings. The van der Waals surface area contributed by atoms with E-state index in [0.717, 1.165) is 22.8 Å². The Morgan fingerprint density at radius 3 is 2.36 bits per heavy atom. The molecule has 0 bridgehead atoms. The highest BCUT2D eigenvalue weighted by molar-refractivity contribution is 8.17. The molecule has 0 saturated carbocycles. The number of aliphatic hydroxyl groups excluding tert-OH is 1. The van der Waals surface area contributed by atoms with Gasteiger partial charge in [-0.05, 0) is 32.9 Å². The molecule has 0 radical (unpaired) electrons. The molecule has 2 atom stereocenters. The average molecular weight is 657 g/mol. The number of ketones is 1. The molecule has 0 aliphatic rings. The maximum absolute atomic E-state index is 13.5. The molecule has 3 rings (SSSR count). The molecule has 0 saturated heterocycles. The number of anilines is 2. The number of amides is 1. The molecular formula is C31H40N6O6S2. The highest BCUT2D eigenvalue weighted by Crippen LogP contribution is 2.32. The number of carbonyl (C=O) groups excluding carboxylic acids is 3. The summed E-state index contributed by atoms with van der Waals surface area (Å²) in [6.45, 7) is 8.01. The van der Waals surface area contributed by atoms with Crippen molar-refractivity contribution in [2.45, 2.75) is 64.6 Å². The molecule has 2 unspecified atom stereocenters. The van der Waals surface area contributed by atoms with Crippen molar-refractivity contribution in [1.82, 2.24) is 19.6 Å². The first kappa shape index (κ1) is 35.6. The quantitative estimate of drug-likeness (QED) is 0.217. The zero-order chi connectivity index (χ0) is 33.6. The van der Waals surface area contributed by atoms with E-state index in [0.29, 0.717) is 28.9 Å². The van der Waals surface area contributed by atoms with Gasteiger partial charge in [-0.15, -0.1) is 0 Å². The number of fused-ring (bicyclic) bond motifs is 1. The lowest BCUT2D eigenvalue weighted by atomic mass is 10.1. The maximum Gasteiger partial charge on any atom is 0.241 e. The fourth-order valence-corrected chi connectivity index (χ4v) is 6.94. The Balaban J connectivity index is 1.88. The summed E-state index contributed by atoms with van der Waals surface area (Å²) in [5.74, 6) is -0.527. The van der Waals surface area contributed by atoms with E-state index in [1.54, 1.807) is 45.9 Å². The second-order valence-electron chi connectivity index (χ2n) is 11.1. The van der Waals surface area contributed by atoms with Crippen molar-refractivity contribution in [1.29, 1.82) is 0 Å². The molecular weight excluding hydrogens is 617 g/mol. The van der Waals surface area contributed by atoms with Crippen LogP contribution in [0.5, 0.6) is 0 Å². The normalized spacial score (nSPS) is 13.7. The fraction of sp³-hybridized carbons (Fsp3) is 0.387. The van der Waals surface area contributed by atoms with Gasteiger partial charge >= 0.3 is 0 Å². The van der Waals surface area contributed by atoms with Gasteiger partial charge in [0, 0.05) is 65.3 Å². The number of nitrogens with zero attached hydrogens (tertiary/aromatic N) is 4. The number of nitrogens with one attached hydrogen (secondary N) is 1. The zero-order valence-corrected chi connectivity index (χ0v) is 28.1. The highest BCUT2D eigenvalue weighted by atomic mass is 32.2. The summed E-state index contributed by atoms with van der Waals surface area (Å²) < 4.78 is 29.4. The monoisotopic (exact) mass is 656 g/mol. The number of sulfonamides is 1. The van der Waals surface area contributed by atoms with Crippen molar-refractivity contribution in [3.8, 4) is 0 Å². The van der Waals surface area contributed by atoms with Gasteiger partial charge in [-0.1, -0.05) is 49.9 Å². The van der Waals surface area contributed by atoms with Crippen LogP contribution in [0.25, 0.3) is 10.8 Å². The zero-order valence-electron chi connectivity index (χ0n) is 26.4. The van der Waals surface area contributed by atoms with E-state index in [1.807, 2.05) is 31.1 Å². The van der Waals surface area contributed by atoms with E-state index in [9.17, 15) is 27.9 Å².